The molecule has 2 aromatic rings. The van der Waals surface area contributed by atoms with Crippen LogP contribution in [0.1, 0.15) is 32.4 Å². The minimum atomic E-state index is 0.660. The summed E-state index contributed by atoms with van der Waals surface area (Å²) in [6.07, 6.45) is 3.04. The molecule has 112 valence electrons. The van der Waals surface area contributed by atoms with E-state index in [2.05, 4.69) is 45.1 Å². The molecule has 1 N–H and O–H groups in total. The summed E-state index contributed by atoms with van der Waals surface area (Å²) in [4.78, 5) is 9.24. The van der Waals surface area contributed by atoms with Crippen LogP contribution in [0.2, 0.25) is 5.02 Å². The van der Waals surface area contributed by atoms with Crippen LogP contribution < -0.4 is 5.32 Å². The van der Waals surface area contributed by atoms with Crippen molar-refractivity contribution in [3.05, 3.63) is 39.5 Å². The Morgan fingerprint density at radius 2 is 1.95 bits per heavy atom. The Morgan fingerprint density at radius 3 is 2.67 bits per heavy atom. The Morgan fingerprint density at radius 1 is 1.14 bits per heavy atom. The molecule has 0 atom stereocenters. The van der Waals surface area contributed by atoms with E-state index in [-0.39, 0.29) is 0 Å². The van der Waals surface area contributed by atoms with Gasteiger partial charge in [-0.2, -0.15) is 0 Å². The third-order valence-electron chi connectivity index (χ3n) is 3.01. The molecule has 0 aliphatic rings. The Bertz CT molecular complexity index is 616. The van der Waals surface area contributed by atoms with Gasteiger partial charge in [-0.3, -0.25) is 0 Å². The van der Waals surface area contributed by atoms with E-state index < -0.39 is 0 Å². The van der Waals surface area contributed by atoms with E-state index in [0.29, 0.717) is 10.8 Å². The van der Waals surface area contributed by atoms with E-state index in [1.807, 2.05) is 24.3 Å². The third-order valence-corrected chi connectivity index (χ3v) is 3.83. The minimum Gasteiger partial charge on any atom is -0.370 e. The van der Waals surface area contributed by atoms with Crippen molar-refractivity contribution < 1.29 is 0 Å². The van der Waals surface area contributed by atoms with Gasteiger partial charge in [-0.25, -0.2) is 9.97 Å². The number of nitrogens with one attached hydrogen (secondary N) is 1. The van der Waals surface area contributed by atoms with Gasteiger partial charge in [0.15, 0.2) is 5.82 Å². The zero-order chi connectivity index (χ0) is 15.2. The highest BCUT2D eigenvalue weighted by molar-refractivity contribution is 9.10. The summed E-state index contributed by atoms with van der Waals surface area (Å²) in [5.74, 6) is 1.53. The summed E-state index contributed by atoms with van der Waals surface area (Å²) in [5, 5.41) is 3.99. The molecule has 0 fully saturated rings. The van der Waals surface area contributed by atoms with Crippen molar-refractivity contribution in [2.24, 2.45) is 0 Å². The zero-order valence-corrected chi connectivity index (χ0v) is 14.6. The molecule has 0 radical (unpaired) electrons. The first-order valence-electron chi connectivity index (χ1n) is 7.21. The molecule has 0 bridgehead atoms. The molecule has 1 heterocycles. The van der Waals surface area contributed by atoms with Crippen molar-refractivity contribution in [3.63, 3.8) is 0 Å². The summed E-state index contributed by atoms with van der Waals surface area (Å²) in [6, 6.07) is 7.75. The molecular weight excluding hydrogens is 350 g/mol. The van der Waals surface area contributed by atoms with Crippen molar-refractivity contribution in [1.29, 1.82) is 0 Å². The lowest BCUT2D eigenvalue weighted by Crippen LogP contribution is -2.05. The van der Waals surface area contributed by atoms with Crippen molar-refractivity contribution in [2.75, 3.05) is 11.9 Å². The van der Waals surface area contributed by atoms with E-state index in [0.717, 1.165) is 47.4 Å². The number of aryl methyl sites for hydroxylation is 1. The van der Waals surface area contributed by atoms with Crippen LogP contribution in [0.15, 0.2) is 28.7 Å². The maximum absolute atomic E-state index is 6.30. The molecule has 0 unspecified atom stereocenters. The third kappa shape index (κ3) is 4.42. The molecule has 0 aliphatic carbocycles. The summed E-state index contributed by atoms with van der Waals surface area (Å²) in [6.45, 7) is 5.18. The van der Waals surface area contributed by atoms with E-state index in [1.54, 1.807) is 0 Å². The fraction of sp³-hybridized carbons (Fsp3) is 0.375. The van der Waals surface area contributed by atoms with Gasteiger partial charge in [0.1, 0.15) is 5.82 Å². The largest absolute Gasteiger partial charge is 0.370 e. The molecule has 0 saturated heterocycles. The Balaban J connectivity index is 2.45. The average molecular weight is 369 g/mol. The van der Waals surface area contributed by atoms with Crippen LogP contribution in [0.3, 0.4) is 0 Å². The molecule has 0 amide bonds. The monoisotopic (exact) mass is 367 g/mol. The highest BCUT2D eigenvalue weighted by atomic mass is 79.9. The van der Waals surface area contributed by atoms with Gasteiger partial charge in [-0.1, -0.05) is 47.8 Å². The Kier molecular flexibility index (Phi) is 6.00. The predicted molar refractivity (Wildman–Crippen MR) is 93.0 cm³/mol. The van der Waals surface area contributed by atoms with Gasteiger partial charge in [-0.15, -0.1) is 0 Å². The minimum absolute atomic E-state index is 0.660. The second-order valence-electron chi connectivity index (χ2n) is 4.87. The molecule has 1 aromatic carbocycles. The van der Waals surface area contributed by atoms with Gasteiger partial charge >= 0.3 is 0 Å². The average Bonchev–Trinajstić information content (AvgIpc) is 2.48. The fourth-order valence-corrected chi connectivity index (χ4v) is 2.58. The summed E-state index contributed by atoms with van der Waals surface area (Å²) >= 11 is 9.77. The summed E-state index contributed by atoms with van der Waals surface area (Å²) in [7, 11) is 0. The number of rotatable bonds is 6. The molecule has 0 saturated carbocycles. The molecule has 1 aromatic heterocycles. The standard InChI is InChI=1S/C16H19BrClN3/c1-3-5-12-10-15(19-8-4-2)21-16(20-12)13-9-11(17)6-7-14(13)18/h6-7,9-10H,3-5,8H2,1-2H3,(H,19,20,21). The van der Waals surface area contributed by atoms with E-state index in [1.165, 1.54) is 0 Å². The maximum atomic E-state index is 6.30. The maximum Gasteiger partial charge on any atom is 0.163 e. The van der Waals surface area contributed by atoms with Gasteiger partial charge in [0.25, 0.3) is 0 Å². The second-order valence-corrected chi connectivity index (χ2v) is 6.19. The van der Waals surface area contributed by atoms with Crippen LogP contribution in [-0.4, -0.2) is 16.5 Å². The quantitative estimate of drug-likeness (QED) is 0.748. The van der Waals surface area contributed by atoms with Crippen molar-refractivity contribution in [1.82, 2.24) is 9.97 Å². The van der Waals surface area contributed by atoms with Gasteiger partial charge in [0, 0.05) is 28.3 Å². The number of nitrogens with zero attached hydrogens (tertiary/aromatic N) is 2. The number of hydrogen-bond acceptors (Lipinski definition) is 3. The number of aromatic nitrogens is 2. The zero-order valence-electron chi connectivity index (χ0n) is 12.3. The van der Waals surface area contributed by atoms with Crippen molar-refractivity contribution in [3.8, 4) is 11.4 Å². The highest BCUT2D eigenvalue weighted by Crippen LogP contribution is 2.29. The summed E-state index contributed by atoms with van der Waals surface area (Å²) < 4.78 is 0.967. The Hall–Kier alpha value is -1.13. The molecule has 0 spiro atoms. The van der Waals surface area contributed by atoms with Crippen LogP contribution >= 0.6 is 27.5 Å². The van der Waals surface area contributed by atoms with Crippen molar-refractivity contribution in [2.45, 2.75) is 33.1 Å². The van der Waals surface area contributed by atoms with Crippen LogP contribution in [0.4, 0.5) is 5.82 Å². The van der Waals surface area contributed by atoms with Crippen LogP contribution in [0.5, 0.6) is 0 Å². The van der Waals surface area contributed by atoms with Crippen molar-refractivity contribution >= 4 is 33.3 Å². The van der Waals surface area contributed by atoms with Crippen LogP contribution in [-0.2, 0) is 6.42 Å². The van der Waals surface area contributed by atoms with Gasteiger partial charge in [0.2, 0.25) is 0 Å². The number of benzene rings is 1. The lowest BCUT2D eigenvalue weighted by Gasteiger charge is -2.10. The summed E-state index contributed by atoms with van der Waals surface area (Å²) in [5.41, 5.74) is 1.89. The smallest absolute Gasteiger partial charge is 0.163 e. The first-order chi connectivity index (χ1) is 10.1. The number of halogens is 2. The lowest BCUT2D eigenvalue weighted by atomic mass is 10.2. The fourth-order valence-electron chi connectivity index (χ4n) is 2.01. The van der Waals surface area contributed by atoms with E-state index in [4.69, 9.17) is 11.6 Å². The second kappa shape index (κ2) is 7.76. The SMILES string of the molecule is CCCNc1cc(CCC)nc(-c2cc(Br)ccc2Cl)n1. The van der Waals surface area contributed by atoms with Gasteiger partial charge < -0.3 is 5.32 Å². The molecule has 2 rings (SSSR count). The topological polar surface area (TPSA) is 37.8 Å². The van der Waals surface area contributed by atoms with Crippen LogP contribution in [0.25, 0.3) is 11.4 Å². The highest BCUT2D eigenvalue weighted by Gasteiger charge is 2.10. The molecular formula is C16H19BrClN3. The van der Waals surface area contributed by atoms with Gasteiger partial charge in [0.05, 0.1) is 5.02 Å². The van der Waals surface area contributed by atoms with Crippen LogP contribution in [0, 0.1) is 0 Å². The molecule has 21 heavy (non-hydrogen) atoms. The normalized spacial score (nSPS) is 10.7. The number of hydrogen-bond donors (Lipinski definition) is 1. The Labute approximate surface area is 139 Å². The lowest BCUT2D eigenvalue weighted by molar-refractivity contribution is 0.872. The van der Waals surface area contributed by atoms with E-state index in [9.17, 15) is 0 Å². The number of anilines is 1. The first kappa shape index (κ1) is 16.2. The molecule has 0 aliphatic heterocycles. The predicted octanol–water partition coefficient (Wildman–Crippen LogP) is 5.33. The van der Waals surface area contributed by atoms with Gasteiger partial charge in [-0.05, 0) is 31.0 Å². The molecule has 3 nitrogen and oxygen atoms in total. The van der Waals surface area contributed by atoms with E-state index >= 15 is 0 Å². The molecule has 5 heteroatoms. The first-order valence-corrected chi connectivity index (χ1v) is 8.38.